The molecule has 0 aromatic carbocycles. The number of aliphatic hydroxyl groups excluding tert-OH is 1. The van der Waals surface area contributed by atoms with Crippen molar-refractivity contribution in [3.8, 4) is 0 Å². The van der Waals surface area contributed by atoms with Crippen LogP contribution < -0.4 is 0 Å². The quantitative estimate of drug-likeness (QED) is 0.0197. The van der Waals surface area contributed by atoms with Gasteiger partial charge >= 0.3 is 25.7 Å². The molecule has 0 saturated carbocycles. The van der Waals surface area contributed by atoms with Gasteiger partial charge in [0, 0.05) is 19.3 Å². The molecular formula is C58H97O11P. The zero-order valence-electron chi connectivity index (χ0n) is 43.9. The molecule has 0 aromatic rings. The monoisotopic (exact) mass is 1000 g/mol. The third kappa shape index (κ3) is 49.4. The number of hydrogen-bond donors (Lipinski definition) is 2. The summed E-state index contributed by atoms with van der Waals surface area (Å²) < 4.78 is 39.3. The molecule has 0 aliphatic rings. The largest absolute Gasteiger partial charge is 0.472 e. The Kier molecular flexibility index (Phi) is 49.1. The molecule has 3 unspecified atom stereocenters. The first-order valence-corrected chi connectivity index (χ1v) is 28.6. The van der Waals surface area contributed by atoms with Crippen molar-refractivity contribution in [1.29, 1.82) is 0 Å². The van der Waals surface area contributed by atoms with E-state index in [9.17, 15) is 28.9 Å². The number of phosphoric acid groups is 1. The van der Waals surface area contributed by atoms with Crippen LogP contribution in [0.4, 0.5) is 0 Å². The molecule has 12 heteroatoms. The summed E-state index contributed by atoms with van der Waals surface area (Å²) in [5.74, 6) is -1.59. The highest BCUT2D eigenvalue weighted by atomic mass is 31.2. The molecule has 0 rings (SSSR count). The van der Waals surface area contributed by atoms with Crippen LogP contribution in [0.2, 0.25) is 0 Å². The molecule has 0 amide bonds. The second kappa shape index (κ2) is 51.7. The molecule has 2 N–H and O–H groups in total. The summed E-state index contributed by atoms with van der Waals surface area (Å²) in [5, 5.41) is 9.75. The van der Waals surface area contributed by atoms with Gasteiger partial charge in [-0.25, -0.2) is 4.57 Å². The van der Waals surface area contributed by atoms with Gasteiger partial charge in [-0.05, 0) is 89.9 Å². The van der Waals surface area contributed by atoms with E-state index in [-0.39, 0.29) is 25.9 Å². The standard InChI is InChI=1S/C58H97O11P/c1-4-7-10-13-16-19-21-23-25-26-27-28-30-31-33-36-38-41-44-47-56(60)65-51-55(69-58(62)49-46-43-40-37-34-32-29-24-22-20-17-14-11-8-5-2)53-67-70(63,64)66-52-54(50-59)68-57(61)48-45-42-39-35-18-15-12-9-6-3/h7,10,16-17,19-20,23-25,27-29,31,33,38,41,54-55,59H,4-6,8-9,11-15,18,21-22,26,30,32,34-37,39-40,42-53H2,1-3H3,(H,63,64)/b10-7-,19-16-,20-17-,25-23-,28-27-,29-24-,33-31-,41-38-. The molecule has 0 saturated heterocycles. The minimum Gasteiger partial charge on any atom is -0.462 e. The van der Waals surface area contributed by atoms with Gasteiger partial charge in [0.2, 0.25) is 0 Å². The van der Waals surface area contributed by atoms with Crippen LogP contribution in [0.15, 0.2) is 97.2 Å². The number of esters is 3. The number of hydrogen-bond acceptors (Lipinski definition) is 10. The Bertz CT molecular complexity index is 1540. The molecule has 0 aromatic heterocycles. The van der Waals surface area contributed by atoms with E-state index in [1.165, 1.54) is 51.4 Å². The Morgan fingerprint density at radius 1 is 0.414 bits per heavy atom. The summed E-state index contributed by atoms with van der Waals surface area (Å²) in [6.07, 6.45) is 59.7. The van der Waals surface area contributed by atoms with E-state index in [4.69, 9.17) is 23.3 Å². The van der Waals surface area contributed by atoms with Gasteiger partial charge in [0.1, 0.15) is 12.7 Å². The zero-order chi connectivity index (χ0) is 51.3. The lowest BCUT2D eigenvalue weighted by Crippen LogP contribution is -2.30. The topological polar surface area (TPSA) is 155 Å². The number of ether oxygens (including phenoxy) is 3. The third-order valence-electron chi connectivity index (χ3n) is 11.0. The van der Waals surface area contributed by atoms with Crippen molar-refractivity contribution in [1.82, 2.24) is 0 Å². The van der Waals surface area contributed by atoms with Crippen LogP contribution in [-0.2, 0) is 42.2 Å². The normalized spacial score (nSPS) is 14.2. The molecule has 0 fully saturated rings. The average molecular weight is 1000 g/mol. The van der Waals surface area contributed by atoms with Crippen LogP contribution in [0.25, 0.3) is 0 Å². The first-order valence-electron chi connectivity index (χ1n) is 27.1. The van der Waals surface area contributed by atoms with Crippen LogP contribution in [0.3, 0.4) is 0 Å². The van der Waals surface area contributed by atoms with Crippen molar-refractivity contribution in [2.45, 2.75) is 226 Å². The molecule has 0 aliphatic carbocycles. The van der Waals surface area contributed by atoms with Crippen LogP contribution in [-0.4, -0.2) is 66.5 Å². The number of rotatable bonds is 49. The molecule has 3 atom stereocenters. The van der Waals surface area contributed by atoms with Gasteiger partial charge in [0.15, 0.2) is 6.10 Å². The Morgan fingerprint density at radius 2 is 0.771 bits per heavy atom. The predicted octanol–water partition coefficient (Wildman–Crippen LogP) is 15.7. The van der Waals surface area contributed by atoms with Crippen molar-refractivity contribution >= 4 is 25.7 Å². The van der Waals surface area contributed by atoms with Gasteiger partial charge in [-0.15, -0.1) is 0 Å². The number of carbonyl (C=O) groups is 3. The SMILES string of the molecule is CC/C=C\C/C=C\C/C=C\C/C=C\C/C=C\C/C=C\CCC(=O)OCC(COP(=O)(O)OCC(CO)OC(=O)CCCCCCCCCCC)OC(=O)CCCCCCC/C=C\C/C=C\CCCCC. The molecular weight excluding hydrogens is 904 g/mol. The second-order valence-electron chi connectivity index (χ2n) is 17.7. The van der Waals surface area contributed by atoms with Gasteiger partial charge < -0.3 is 24.2 Å². The Labute approximate surface area is 425 Å². The fraction of sp³-hybridized carbons (Fsp3) is 0.672. The third-order valence-corrected chi connectivity index (χ3v) is 12.0. The second-order valence-corrected chi connectivity index (χ2v) is 19.1. The predicted molar refractivity (Wildman–Crippen MR) is 288 cm³/mol. The van der Waals surface area contributed by atoms with Gasteiger partial charge in [0.25, 0.3) is 0 Å². The van der Waals surface area contributed by atoms with Gasteiger partial charge in [-0.2, -0.15) is 0 Å². The molecule has 0 spiro atoms. The molecule has 0 aliphatic heterocycles. The van der Waals surface area contributed by atoms with Gasteiger partial charge in [-0.3, -0.25) is 23.4 Å². The van der Waals surface area contributed by atoms with Crippen molar-refractivity contribution in [2.75, 3.05) is 26.4 Å². The van der Waals surface area contributed by atoms with E-state index in [0.29, 0.717) is 19.3 Å². The summed E-state index contributed by atoms with van der Waals surface area (Å²) in [6.45, 7) is 4.36. The molecule has 11 nitrogen and oxygen atoms in total. The summed E-state index contributed by atoms with van der Waals surface area (Å²) in [4.78, 5) is 48.3. The van der Waals surface area contributed by atoms with Crippen molar-refractivity contribution in [3.63, 3.8) is 0 Å². The average Bonchev–Trinajstić information content (AvgIpc) is 3.35. The lowest BCUT2D eigenvalue weighted by atomic mass is 10.1. The molecule has 0 bridgehead atoms. The van der Waals surface area contributed by atoms with E-state index in [2.05, 4.69) is 106 Å². The Hall–Kier alpha value is -3.60. The number of aliphatic hydroxyl groups is 1. The number of unbranched alkanes of at least 4 members (excludes halogenated alkanes) is 16. The first-order chi connectivity index (χ1) is 34.2. The van der Waals surface area contributed by atoms with Crippen LogP contribution >= 0.6 is 7.82 Å². The maximum Gasteiger partial charge on any atom is 0.472 e. The van der Waals surface area contributed by atoms with Gasteiger partial charge in [-0.1, -0.05) is 201 Å². The highest BCUT2D eigenvalue weighted by molar-refractivity contribution is 7.47. The maximum atomic E-state index is 12.9. The summed E-state index contributed by atoms with van der Waals surface area (Å²) in [7, 11) is -4.76. The highest BCUT2D eigenvalue weighted by Gasteiger charge is 2.28. The van der Waals surface area contributed by atoms with E-state index >= 15 is 0 Å². The summed E-state index contributed by atoms with van der Waals surface area (Å²) >= 11 is 0. The van der Waals surface area contributed by atoms with E-state index in [1.54, 1.807) is 0 Å². The van der Waals surface area contributed by atoms with Crippen LogP contribution in [0.5, 0.6) is 0 Å². The molecule has 0 radical (unpaired) electrons. The fourth-order valence-corrected chi connectivity index (χ4v) is 7.67. The van der Waals surface area contributed by atoms with E-state index in [0.717, 1.165) is 103 Å². The fourth-order valence-electron chi connectivity index (χ4n) is 6.88. The van der Waals surface area contributed by atoms with Gasteiger partial charge in [0.05, 0.1) is 19.8 Å². The Balaban J connectivity index is 4.87. The summed E-state index contributed by atoms with van der Waals surface area (Å²) in [6, 6.07) is 0. The maximum absolute atomic E-state index is 12.9. The highest BCUT2D eigenvalue weighted by Crippen LogP contribution is 2.43. The first kappa shape index (κ1) is 66.4. The van der Waals surface area contributed by atoms with E-state index in [1.807, 2.05) is 12.2 Å². The van der Waals surface area contributed by atoms with Crippen LogP contribution in [0, 0.1) is 0 Å². The minimum absolute atomic E-state index is 0.0949. The Morgan fingerprint density at radius 3 is 1.23 bits per heavy atom. The number of phosphoric ester groups is 1. The minimum atomic E-state index is -4.76. The smallest absolute Gasteiger partial charge is 0.462 e. The molecule has 400 valence electrons. The zero-order valence-corrected chi connectivity index (χ0v) is 44.8. The number of carbonyl (C=O) groups excluding carboxylic acids is 3. The van der Waals surface area contributed by atoms with Crippen LogP contribution in [0.1, 0.15) is 213 Å². The van der Waals surface area contributed by atoms with Crippen molar-refractivity contribution < 1.29 is 52.2 Å². The van der Waals surface area contributed by atoms with Crippen molar-refractivity contribution in [2.24, 2.45) is 0 Å². The molecule has 70 heavy (non-hydrogen) atoms. The summed E-state index contributed by atoms with van der Waals surface area (Å²) in [5.41, 5.74) is 0. The lowest BCUT2D eigenvalue weighted by molar-refractivity contribution is -0.161. The number of allylic oxidation sites excluding steroid dienone is 16. The molecule has 0 heterocycles. The van der Waals surface area contributed by atoms with E-state index < -0.39 is 57.8 Å². The van der Waals surface area contributed by atoms with Crippen molar-refractivity contribution in [3.05, 3.63) is 97.2 Å². The lowest BCUT2D eigenvalue weighted by Gasteiger charge is -2.21.